The van der Waals surface area contributed by atoms with Crippen LogP contribution in [0.15, 0.2) is 24.3 Å². The Morgan fingerprint density at radius 2 is 2.00 bits per heavy atom. The number of aliphatic hydroxyl groups is 1. The Morgan fingerprint density at radius 3 is 2.60 bits per heavy atom. The number of benzene rings is 1. The molecule has 1 aromatic carbocycles. The van der Waals surface area contributed by atoms with Gasteiger partial charge < -0.3 is 15.0 Å². The van der Waals surface area contributed by atoms with Gasteiger partial charge in [0.2, 0.25) is 0 Å². The third-order valence-corrected chi connectivity index (χ3v) is 2.21. The molecule has 0 spiro atoms. The van der Waals surface area contributed by atoms with E-state index in [4.69, 9.17) is 5.11 Å². The number of hydroxylamine groups is 2. The standard InChI is InChI=1S/C12H15NO2/c1-11-7-3-4-8-12(11)13(2,15)9-5-6-10-14/h3-4,7-8,14H,9-10H2,1-2H3. The van der Waals surface area contributed by atoms with E-state index in [1.165, 1.54) is 0 Å². The molecule has 80 valence electrons. The molecule has 0 bridgehead atoms. The van der Waals surface area contributed by atoms with Crippen LogP contribution in [0.4, 0.5) is 5.69 Å². The molecule has 0 amide bonds. The number of hydrogen-bond donors (Lipinski definition) is 1. The van der Waals surface area contributed by atoms with Crippen LogP contribution in [0, 0.1) is 24.0 Å². The second kappa shape index (κ2) is 4.94. The fourth-order valence-corrected chi connectivity index (χ4v) is 1.44. The lowest BCUT2D eigenvalue weighted by molar-refractivity contribution is 0.350. The van der Waals surface area contributed by atoms with Crippen molar-refractivity contribution >= 4 is 5.69 Å². The zero-order valence-electron chi connectivity index (χ0n) is 9.03. The van der Waals surface area contributed by atoms with Crippen LogP contribution in [0.2, 0.25) is 0 Å². The van der Waals surface area contributed by atoms with Gasteiger partial charge in [0.05, 0.1) is 7.05 Å². The maximum Gasteiger partial charge on any atom is 0.145 e. The van der Waals surface area contributed by atoms with Gasteiger partial charge in [-0.25, -0.2) is 0 Å². The molecule has 0 aromatic heterocycles. The lowest BCUT2D eigenvalue weighted by Gasteiger charge is -2.37. The smallest absolute Gasteiger partial charge is 0.145 e. The molecule has 1 atom stereocenters. The highest BCUT2D eigenvalue weighted by atomic mass is 16.5. The normalized spacial score (nSPS) is 13.9. The van der Waals surface area contributed by atoms with Gasteiger partial charge in [-0.1, -0.05) is 24.1 Å². The van der Waals surface area contributed by atoms with Crippen LogP contribution in [-0.4, -0.2) is 25.3 Å². The van der Waals surface area contributed by atoms with Crippen LogP contribution in [0.25, 0.3) is 0 Å². The predicted molar refractivity (Wildman–Crippen MR) is 62.0 cm³/mol. The highest BCUT2D eigenvalue weighted by Crippen LogP contribution is 2.23. The van der Waals surface area contributed by atoms with Crippen molar-refractivity contribution < 1.29 is 5.11 Å². The first kappa shape index (κ1) is 11.7. The summed E-state index contributed by atoms with van der Waals surface area (Å²) in [5.74, 6) is 5.14. The molecule has 0 radical (unpaired) electrons. The van der Waals surface area contributed by atoms with E-state index in [-0.39, 0.29) is 13.2 Å². The van der Waals surface area contributed by atoms with Crippen LogP contribution in [-0.2, 0) is 0 Å². The summed E-state index contributed by atoms with van der Waals surface area (Å²) in [6.45, 7) is 1.86. The summed E-state index contributed by atoms with van der Waals surface area (Å²) >= 11 is 0. The van der Waals surface area contributed by atoms with E-state index in [0.717, 1.165) is 5.56 Å². The molecule has 15 heavy (non-hydrogen) atoms. The highest BCUT2D eigenvalue weighted by molar-refractivity contribution is 5.50. The quantitative estimate of drug-likeness (QED) is 0.451. The van der Waals surface area contributed by atoms with Crippen LogP contribution in [0.1, 0.15) is 5.56 Å². The average Bonchev–Trinajstić information content (AvgIpc) is 2.18. The van der Waals surface area contributed by atoms with Crippen molar-refractivity contribution in [2.75, 3.05) is 20.2 Å². The minimum atomic E-state index is -0.528. The molecule has 1 unspecified atom stereocenters. The number of nitrogens with zero attached hydrogens (tertiary/aromatic N) is 1. The molecule has 3 heteroatoms. The van der Waals surface area contributed by atoms with E-state index in [0.29, 0.717) is 5.69 Å². The number of aryl methyl sites for hydroxylation is 1. The zero-order valence-corrected chi connectivity index (χ0v) is 9.03. The van der Waals surface area contributed by atoms with Gasteiger partial charge in [-0.3, -0.25) is 0 Å². The first-order valence-corrected chi connectivity index (χ1v) is 4.77. The van der Waals surface area contributed by atoms with Gasteiger partial charge in [-0.2, -0.15) is 0 Å². The molecular formula is C12H15NO2. The molecule has 0 aliphatic rings. The third kappa shape index (κ3) is 3.07. The van der Waals surface area contributed by atoms with E-state index >= 15 is 0 Å². The molecule has 1 N–H and O–H groups in total. The Labute approximate surface area is 90.1 Å². The van der Waals surface area contributed by atoms with Gasteiger partial charge >= 0.3 is 0 Å². The first-order valence-electron chi connectivity index (χ1n) is 4.77. The number of hydrogen-bond acceptors (Lipinski definition) is 2. The summed E-state index contributed by atoms with van der Waals surface area (Å²) in [7, 11) is 1.56. The van der Waals surface area contributed by atoms with E-state index < -0.39 is 4.65 Å². The van der Waals surface area contributed by atoms with E-state index in [2.05, 4.69) is 11.8 Å². The summed E-state index contributed by atoms with van der Waals surface area (Å²) in [4.78, 5) is 0. The number of para-hydroxylation sites is 1. The minimum absolute atomic E-state index is 0.158. The van der Waals surface area contributed by atoms with Gasteiger partial charge in [0, 0.05) is 5.56 Å². The Hall–Kier alpha value is -1.34. The maximum atomic E-state index is 12.2. The molecule has 1 aromatic rings. The van der Waals surface area contributed by atoms with Crippen molar-refractivity contribution in [3.63, 3.8) is 0 Å². The fourth-order valence-electron chi connectivity index (χ4n) is 1.44. The van der Waals surface area contributed by atoms with Crippen molar-refractivity contribution in [2.45, 2.75) is 6.92 Å². The first-order chi connectivity index (χ1) is 7.08. The summed E-state index contributed by atoms with van der Waals surface area (Å²) < 4.78 is -0.528. The Kier molecular flexibility index (Phi) is 3.87. The monoisotopic (exact) mass is 205 g/mol. The van der Waals surface area contributed by atoms with Gasteiger partial charge in [0.1, 0.15) is 18.8 Å². The van der Waals surface area contributed by atoms with Crippen LogP contribution >= 0.6 is 0 Å². The van der Waals surface area contributed by atoms with Crippen molar-refractivity contribution in [3.8, 4) is 11.8 Å². The molecule has 3 nitrogen and oxygen atoms in total. The fraction of sp³-hybridized carbons (Fsp3) is 0.333. The number of quaternary nitrogens is 1. The topological polar surface area (TPSA) is 43.3 Å². The summed E-state index contributed by atoms with van der Waals surface area (Å²) in [5.41, 5.74) is 1.67. The minimum Gasteiger partial charge on any atom is -0.627 e. The molecule has 0 aliphatic heterocycles. The van der Waals surface area contributed by atoms with Crippen LogP contribution in [0.5, 0.6) is 0 Å². The lowest BCUT2D eigenvalue weighted by Crippen LogP contribution is -2.39. The number of rotatable bonds is 2. The molecule has 0 saturated heterocycles. The summed E-state index contributed by atoms with van der Waals surface area (Å²) in [6, 6.07) is 7.46. The Bertz CT molecular complexity index is 388. The lowest BCUT2D eigenvalue weighted by atomic mass is 10.2. The Balaban J connectivity index is 2.90. The van der Waals surface area contributed by atoms with Gasteiger partial charge in [0.15, 0.2) is 0 Å². The largest absolute Gasteiger partial charge is 0.627 e. The molecule has 0 aliphatic carbocycles. The summed E-state index contributed by atoms with van der Waals surface area (Å²) in [6.07, 6.45) is 0. The van der Waals surface area contributed by atoms with E-state index in [1.807, 2.05) is 31.2 Å². The third-order valence-electron chi connectivity index (χ3n) is 2.21. The SMILES string of the molecule is Cc1ccccc1[N+](C)([O-])CC#CCO. The average molecular weight is 205 g/mol. The molecule has 0 heterocycles. The highest BCUT2D eigenvalue weighted by Gasteiger charge is 2.14. The van der Waals surface area contributed by atoms with Gasteiger partial charge in [-0.05, 0) is 18.9 Å². The van der Waals surface area contributed by atoms with Crippen molar-refractivity contribution in [1.82, 2.24) is 4.65 Å². The Morgan fingerprint density at radius 1 is 1.33 bits per heavy atom. The van der Waals surface area contributed by atoms with E-state index in [1.54, 1.807) is 7.05 Å². The molecule has 0 fully saturated rings. The second-order valence-corrected chi connectivity index (χ2v) is 3.56. The van der Waals surface area contributed by atoms with Crippen LogP contribution < -0.4 is 4.65 Å². The maximum absolute atomic E-state index is 12.2. The van der Waals surface area contributed by atoms with Crippen molar-refractivity contribution in [2.24, 2.45) is 0 Å². The summed E-state index contributed by atoms with van der Waals surface area (Å²) in [5, 5.41) is 20.7. The van der Waals surface area contributed by atoms with Crippen molar-refractivity contribution in [3.05, 3.63) is 35.0 Å². The molecule has 0 saturated carbocycles. The molecule has 1 rings (SSSR count). The molecular weight excluding hydrogens is 190 g/mol. The van der Waals surface area contributed by atoms with Crippen molar-refractivity contribution in [1.29, 1.82) is 0 Å². The second-order valence-electron chi connectivity index (χ2n) is 3.56. The number of aliphatic hydroxyl groups excluding tert-OH is 1. The van der Waals surface area contributed by atoms with Gasteiger partial charge in [-0.15, -0.1) is 0 Å². The van der Waals surface area contributed by atoms with Gasteiger partial charge in [0.25, 0.3) is 0 Å². The van der Waals surface area contributed by atoms with E-state index in [9.17, 15) is 5.21 Å². The predicted octanol–water partition coefficient (Wildman–Crippen LogP) is 1.43. The zero-order chi connectivity index (χ0) is 11.3. The van der Waals surface area contributed by atoms with Crippen LogP contribution in [0.3, 0.4) is 0 Å².